The number of hydrogen-bond acceptors (Lipinski definition) is 4. The van der Waals surface area contributed by atoms with Gasteiger partial charge in [0.2, 0.25) is 5.91 Å². The monoisotopic (exact) mass is 445 g/mol. The van der Waals surface area contributed by atoms with Crippen LogP contribution in [-0.2, 0) is 16.2 Å². The van der Waals surface area contributed by atoms with Crippen LogP contribution >= 0.6 is 11.6 Å². The Balaban J connectivity index is 1.68. The number of anilines is 2. The molecule has 0 saturated carbocycles. The summed E-state index contributed by atoms with van der Waals surface area (Å²) in [5.74, 6) is -0.137. The van der Waals surface area contributed by atoms with Gasteiger partial charge in [-0.25, -0.2) is 0 Å². The van der Waals surface area contributed by atoms with Gasteiger partial charge in [0, 0.05) is 28.9 Å². The first-order valence-corrected chi connectivity index (χ1v) is 10.1. The molecule has 0 heterocycles. The average Bonchev–Trinajstić information content (AvgIpc) is 2.78. The number of rotatable bonds is 7. The molecule has 160 valence electrons. The Hall–Kier alpha value is -4.08. The van der Waals surface area contributed by atoms with E-state index in [2.05, 4.69) is 10.6 Å². The number of nitrogens with zero attached hydrogens (tertiary/aromatic N) is 1. The number of nitriles is 1. The molecule has 32 heavy (non-hydrogen) atoms. The van der Waals surface area contributed by atoms with Crippen LogP contribution in [-0.4, -0.2) is 11.8 Å². The van der Waals surface area contributed by atoms with Crippen LogP contribution in [0, 0.1) is 11.3 Å². The predicted octanol–water partition coefficient (Wildman–Crippen LogP) is 5.42. The lowest BCUT2D eigenvalue weighted by atomic mass is 10.1. The summed E-state index contributed by atoms with van der Waals surface area (Å²) in [5, 5.41) is 15.4. The lowest BCUT2D eigenvalue weighted by Gasteiger charge is -2.09. The van der Waals surface area contributed by atoms with Crippen molar-refractivity contribution in [2.75, 3.05) is 10.6 Å². The lowest BCUT2D eigenvalue weighted by molar-refractivity contribution is -0.114. The van der Waals surface area contributed by atoms with Gasteiger partial charge in [0.25, 0.3) is 5.91 Å². The standard InChI is InChI=1S/C25H20ClN3O3/c1-17(30)28-21-9-11-22(12-10-21)29-25(31)20(15-27)13-18-5-4-7-23(14-18)32-16-19-6-2-3-8-24(19)26/h2-14H,16H2,1H3,(H,28,30)(H,29,31)/b20-13+. The summed E-state index contributed by atoms with van der Waals surface area (Å²) in [7, 11) is 0. The van der Waals surface area contributed by atoms with Gasteiger partial charge < -0.3 is 15.4 Å². The van der Waals surface area contributed by atoms with Gasteiger partial charge in [0.1, 0.15) is 24.0 Å². The van der Waals surface area contributed by atoms with Gasteiger partial charge in [-0.15, -0.1) is 0 Å². The highest BCUT2D eigenvalue weighted by Crippen LogP contribution is 2.21. The summed E-state index contributed by atoms with van der Waals surface area (Å²) in [6.07, 6.45) is 1.49. The van der Waals surface area contributed by atoms with Crippen molar-refractivity contribution in [3.63, 3.8) is 0 Å². The molecule has 6 nitrogen and oxygen atoms in total. The maximum Gasteiger partial charge on any atom is 0.266 e. The number of amides is 2. The Morgan fingerprint density at radius 3 is 2.34 bits per heavy atom. The molecule has 0 bridgehead atoms. The molecule has 0 atom stereocenters. The largest absolute Gasteiger partial charge is 0.489 e. The maximum absolute atomic E-state index is 12.5. The summed E-state index contributed by atoms with van der Waals surface area (Å²) in [6.45, 7) is 1.71. The van der Waals surface area contributed by atoms with E-state index >= 15 is 0 Å². The van der Waals surface area contributed by atoms with E-state index in [9.17, 15) is 14.9 Å². The summed E-state index contributed by atoms with van der Waals surface area (Å²) < 4.78 is 5.80. The Kier molecular flexibility index (Phi) is 7.63. The fourth-order valence-corrected chi connectivity index (χ4v) is 3.01. The zero-order chi connectivity index (χ0) is 22.9. The Labute approximate surface area is 191 Å². The fraction of sp³-hybridized carbons (Fsp3) is 0.0800. The molecule has 2 N–H and O–H groups in total. The molecule has 0 radical (unpaired) electrons. The molecule has 7 heteroatoms. The molecule has 0 spiro atoms. The second-order valence-corrected chi connectivity index (χ2v) is 7.24. The van der Waals surface area contributed by atoms with Crippen molar-refractivity contribution in [3.8, 4) is 11.8 Å². The molecule has 2 amide bonds. The first kappa shape index (κ1) is 22.6. The van der Waals surface area contributed by atoms with E-state index in [4.69, 9.17) is 16.3 Å². The molecule has 0 unspecified atom stereocenters. The zero-order valence-electron chi connectivity index (χ0n) is 17.3. The quantitative estimate of drug-likeness (QED) is 0.375. The zero-order valence-corrected chi connectivity index (χ0v) is 18.0. The molecule has 0 aliphatic heterocycles. The summed E-state index contributed by atoms with van der Waals surface area (Å²) in [4.78, 5) is 23.6. The van der Waals surface area contributed by atoms with Crippen LogP contribution in [0.5, 0.6) is 5.75 Å². The highest BCUT2D eigenvalue weighted by molar-refractivity contribution is 6.31. The molecular weight excluding hydrogens is 426 g/mol. The summed E-state index contributed by atoms with van der Waals surface area (Å²) in [5.41, 5.74) is 2.56. The smallest absolute Gasteiger partial charge is 0.266 e. The van der Waals surface area contributed by atoms with Gasteiger partial charge in [0.05, 0.1) is 0 Å². The van der Waals surface area contributed by atoms with Crippen molar-refractivity contribution in [1.29, 1.82) is 5.26 Å². The fourth-order valence-electron chi connectivity index (χ4n) is 2.82. The highest BCUT2D eigenvalue weighted by Gasteiger charge is 2.10. The number of halogens is 1. The van der Waals surface area contributed by atoms with Crippen molar-refractivity contribution in [3.05, 3.63) is 94.5 Å². The van der Waals surface area contributed by atoms with Crippen molar-refractivity contribution in [2.45, 2.75) is 13.5 Å². The van der Waals surface area contributed by atoms with Gasteiger partial charge in [0.15, 0.2) is 0 Å². The van der Waals surface area contributed by atoms with E-state index in [1.54, 1.807) is 54.6 Å². The van der Waals surface area contributed by atoms with Gasteiger partial charge >= 0.3 is 0 Å². The van der Waals surface area contributed by atoms with Crippen molar-refractivity contribution >= 4 is 40.9 Å². The number of carbonyl (C=O) groups excluding carboxylic acids is 2. The van der Waals surface area contributed by atoms with Crippen molar-refractivity contribution in [1.82, 2.24) is 0 Å². The third-order valence-electron chi connectivity index (χ3n) is 4.35. The number of carbonyl (C=O) groups is 2. The van der Waals surface area contributed by atoms with E-state index in [-0.39, 0.29) is 11.5 Å². The van der Waals surface area contributed by atoms with E-state index in [0.29, 0.717) is 34.3 Å². The van der Waals surface area contributed by atoms with E-state index in [0.717, 1.165) is 5.56 Å². The van der Waals surface area contributed by atoms with Crippen LogP contribution in [0.25, 0.3) is 6.08 Å². The second kappa shape index (κ2) is 10.8. The number of benzene rings is 3. The second-order valence-electron chi connectivity index (χ2n) is 6.84. The Bertz CT molecular complexity index is 1200. The lowest BCUT2D eigenvalue weighted by Crippen LogP contribution is -2.13. The Morgan fingerprint density at radius 1 is 1.00 bits per heavy atom. The summed E-state index contributed by atoms with van der Waals surface area (Å²) >= 11 is 6.15. The van der Waals surface area contributed by atoms with E-state index in [1.165, 1.54) is 13.0 Å². The molecule has 3 rings (SSSR count). The number of nitrogens with one attached hydrogen (secondary N) is 2. The molecule has 0 aliphatic rings. The average molecular weight is 446 g/mol. The Morgan fingerprint density at radius 2 is 1.69 bits per heavy atom. The molecular formula is C25H20ClN3O3. The van der Waals surface area contributed by atoms with Gasteiger partial charge in [-0.2, -0.15) is 5.26 Å². The van der Waals surface area contributed by atoms with E-state index < -0.39 is 5.91 Å². The molecule has 0 fully saturated rings. The number of hydrogen-bond donors (Lipinski definition) is 2. The molecule has 0 aliphatic carbocycles. The van der Waals surface area contributed by atoms with Gasteiger partial charge in [-0.1, -0.05) is 41.9 Å². The molecule has 0 saturated heterocycles. The van der Waals surface area contributed by atoms with Crippen LogP contribution in [0.15, 0.2) is 78.4 Å². The molecule has 0 aromatic heterocycles. The third kappa shape index (κ3) is 6.46. The van der Waals surface area contributed by atoms with Crippen LogP contribution in [0.3, 0.4) is 0 Å². The topological polar surface area (TPSA) is 91.2 Å². The first-order valence-electron chi connectivity index (χ1n) is 9.71. The predicted molar refractivity (Wildman–Crippen MR) is 125 cm³/mol. The SMILES string of the molecule is CC(=O)Nc1ccc(NC(=O)/C(C#N)=C/c2cccc(OCc3ccccc3Cl)c2)cc1. The maximum atomic E-state index is 12.5. The minimum absolute atomic E-state index is 0.0563. The van der Waals surface area contributed by atoms with Gasteiger partial charge in [-0.05, 0) is 54.1 Å². The number of ether oxygens (including phenoxy) is 1. The van der Waals surface area contributed by atoms with Crippen molar-refractivity contribution < 1.29 is 14.3 Å². The third-order valence-corrected chi connectivity index (χ3v) is 4.72. The van der Waals surface area contributed by atoms with Gasteiger partial charge in [-0.3, -0.25) is 9.59 Å². The minimum atomic E-state index is -0.540. The van der Waals surface area contributed by atoms with Crippen LogP contribution in [0.1, 0.15) is 18.1 Å². The molecule has 3 aromatic carbocycles. The first-order chi connectivity index (χ1) is 15.4. The van der Waals surface area contributed by atoms with Crippen LogP contribution in [0.4, 0.5) is 11.4 Å². The minimum Gasteiger partial charge on any atom is -0.489 e. The summed E-state index contributed by atoms with van der Waals surface area (Å²) in [6, 6.07) is 23.0. The van der Waals surface area contributed by atoms with Crippen molar-refractivity contribution in [2.24, 2.45) is 0 Å². The normalized spacial score (nSPS) is 10.7. The van der Waals surface area contributed by atoms with Crippen LogP contribution in [0.2, 0.25) is 5.02 Å². The van der Waals surface area contributed by atoms with E-state index in [1.807, 2.05) is 24.3 Å². The molecule has 3 aromatic rings. The highest BCUT2D eigenvalue weighted by atomic mass is 35.5. The van der Waals surface area contributed by atoms with Crippen LogP contribution < -0.4 is 15.4 Å².